The second-order valence-corrected chi connectivity index (χ2v) is 9.49. The minimum Gasteiger partial charge on any atom is -0.471 e. The number of carbonyl (C=O) groups excluding carboxylic acids is 1. The van der Waals surface area contributed by atoms with E-state index in [9.17, 15) is 9.18 Å². The quantitative estimate of drug-likeness (QED) is 0.682. The number of carbonyl (C=O) groups is 1. The summed E-state index contributed by atoms with van der Waals surface area (Å²) < 4.78 is 46.8. The molecule has 184 valence electrons. The van der Waals surface area contributed by atoms with Gasteiger partial charge in [0.2, 0.25) is 5.82 Å². The molecule has 0 radical (unpaired) electrons. The Bertz CT molecular complexity index is 1160. The Balaban J connectivity index is 1.29. The lowest BCUT2D eigenvalue weighted by Crippen LogP contribution is -2.59. The third kappa shape index (κ3) is 4.71. The number of ether oxygens (including phenoxy) is 3. The topological polar surface area (TPSA) is 110 Å². The van der Waals surface area contributed by atoms with Gasteiger partial charge in [-0.25, -0.2) is 14.2 Å². The van der Waals surface area contributed by atoms with Crippen LogP contribution < -0.4 is 10.1 Å². The lowest BCUT2D eigenvalue weighted by molar-refractivity contribution is -0.119. The fraction of sp³-hybridized carbons (Fsp3) is 0.500. The van der Waals surface area contributed by atoms with Crippen molar-refractivity contribution in [2.24, 2.45) is 11.8 Å². The summed E-state index contributed by atoms with van der Waals surface area (Å²) in [6.45, 7) is 3.39. The molecular weight excluding hydrogens is 460 g/mol. The van der Waals surface area contributed by atoms with Crippen molar-refractivity contribution in [3.63, 3.8) is 0 Å². The van der Waals surface area contributed by atoms with Crippen LogP contribution in [0.3, 0.4) is 0 Å². The third-order valence-electron chi connectivity index (χ3n) is 6.86. The average molecular weight is 485 g/mol. The number of anilines is 2. The number of nitrogens with one attached hydrogen (secondary N) is 1. The van der Waals surface area contributed by atoms with Crippen LogP contribution in [0.2, 0.25) is 0 Å². The molecule has 2 aliphatic heterocycles. The van der Waals surface area contributed by atoms with Gasteiger partial charge in [0.15, 0.2) is 5.82 Å². The number of halogens is 2. The SMILES string of the molecule is CC1(OC(=O)N2CC3COCC(C2)C3Oc2ncnc(Nc3ccc(C#N)cc3F)c2F)CCC1. The van der Waals surface area contributed by atoms with Gasteiger partial charge in [0.25, 0.3) is 5.88 Å². The Kier molecular flexibility index (Phi) is 6.15. The molecule has 1 aromatic heterocycles. The molecule has 11 heteroatoms. The second-order valence-electron chi connectivity index (χ2n) is 9.49. The molecule has 9 nitrogen and oxygen atoms in total. The number of hydrogen-bond donors (Lipinski definition) is 1. The maximum Gasteiger partial charge on any atom is 0.410 e. The Morgan fingerprint density at radius 2 is 2.00 bits per heavy atom. The van der Waals surface area contributed by atoms with Crippen molar-refractivity contribution in [1.29, 1.82) is 5.26 Å². The minimum absolute atomic E-state index is 0.0372. The summed E-state index contributed by atoms with van der Waals surface area (Å²) >= 11 is 0. The van der Waals surface area contributed by atoms with Crippen LogP contribution in [0, 0.1) is 34.8 Å². The zero-order chi connectivity index (χ0) is 24.6. The largest absolute Gasteiger partial charge is 0.471 e. The smallest absolute Gasteiger partial charge is 0.410 e. The molecule has 1 saturated carbocycles. The first kappa shape index (κ1) is 23.2. The van der Waals surface area contributed by atoms with E-state index < -0.39 is 23.3 Å². The number of piperidine rings is 1. The number of likely N-dealkylation sites (tertiary alicyclic amines) is 1. The highest BCUT2D eigenvalue weighted by Gasteiger charge is 2.46. The summed E-state index contributed by atoms with van der Waals surface area (Å²) in [5.74, 6) is -2.48. The van der Waals surface area contributed by atoms with Crippen molar-refractivity contribution >= 4 is 17.6 Å². The number of benzene rings is 1. The van der Waals surface area contributed by atoms with E-state index in [0.29, 0.717) is 26.3 Å². The molecule has 1 aromatic carbocycles. The van der Waals surface area contributed by atoms with Crippen LogP contribution in [-0.2, 0) is 9.47 Å². The monoisotopic (exact) mass is 485 g/mol. The molecule has 1 amide bonds. The van der Waals surface area contributed by atoms with Gasteiger partial charge in [-0.15, -0.1) is 0 Å². The van der Waals surface area contributed by atoms with Crippen LogP contribution in [0.5, 0.6) is 5.88 Å². The van der Waals surface area contributed by atoms with Crippen LogP contribution in [0.4, 0.5) is 25.1 Å². The number of amides is 1. The van der Waals surface area contributed by atoms with E-state index in [-0.39, 0.29) is 40.9 Å². The number of aromatic nitrogens is 2. The minimum atomic E-state index is -0.866. The summed E-state index contributed by atoms with van der Waals surface area (Å²) in [5.41, 5.74) is -0.284. The molecule has 2 atom stereocenters. The van der Waals surface area contributed by atoms with Crippen LogP contribution in [-0.4, -0.2) is 59.0 Å². The van der Waals surface area contributed by atoms with E-state index >= 15 is 4.39 Å². The van der Waals surface area contributed by atoms with Gasteiger partial charge in [0.1, 0.15) is 23.8 Å². The predicted octanol–water partition coefficient (Wildman–Crippen LogP) is 3.77. The van der Waals surface area contributed by atoms with Gasteiger partial charge in [-0.05, 0) is 44.4 Å². The fourth-order valence-corrected chi connectivity index (χ4v) is 4.76. The fourth-order valence-electron chi connectivity index (χ4n) is 4.76. The molecule has 5 rings (SSSR count). The molecular formula is C24H25F2N5O4. The van der Waals surface area contributed by atoms with Gasteiger partial charge in [-0.2, -0.15) is 14.6 Å². The number of hydrogen-bond acceptors (Lipinski definition) is 8. The summed E-state index contributed by atoms with van der Waals surface area (Å²) in [6.07, 6.45) is 3.15. The molecule has 3 aliphatic rings. The highest BCUT2D eigenvalue weighted by molar-refractivity contribution is 5.68. The Morgan fingerprint density at radius 3 is 2.63 bits per heavy atom. The van der Waals surface area contributed by atoms with Gasteiger partial charge in [0, 0.05) is 24.9 Å². The molecule has 2 unspecified atom stereocenters. The Labute approximate surface area is 201 Å². The van der Waals surface area contributed by atoms with Crippen LogP contribution in [0.15, 0.2) is 24.5 Å². The number of rotatable bonds is 5. The molecule has 2 saturated heterocycles. The van der Waals surface area contributed by atoms with Crippen molar-refractivity contribution in [3.8, 4) is 11.9 Å². The predicted molar refractivity (Wildman–Crippen MR) is 119 cm³/mol. The summed E-state index contributed by atoms with van der Waals surface area (Å²) in [5, 5.41) is 11.5. The maximum absolute atomic E-state index is 15.2. The van der Waals surface area contributed by atoms with Crippen LogP contribution >= 0.6 is 0 Å². The van der Waals surface area contributed by atoms with Crippen molar-refractivity contribution in [3.05, 3.63) is 41.7 Å². The van der Waals surface area contributed by atoms with Gasteiger partial charge in [-0.1, -0.05) is 0 Å². The van der Waals surface area contributed by atoms with Crippen LogP contribution in [0.1, 0.15) is 31.7 Å². The molecule has 1 N–H and O–H groups in total. The van der Waals surface area contributed by atoms with Crippen molar-refractivity contribution in [1.82, 2.24) is 14.9 Å². The molecule has 3 heterocycles. The highest BCUT2D eigenvalue weighted by Crippen LogP contribution is 2.37. The average Bonchev–Trinajstić information content (AvgIpc) is 2.81. The van der Waals surface area contributed by atoms with E-state index in [1.165, 1.54) is 12.1 Å². The van der Waals surface area contributed by atoms with Crippen molar-refractivity contribution in [2.45, 2.75) is 37.9 Å². The lowest BCUT2D eigenvalue weighted by atomic mass is 9.82. The van der Waals surface area contributed by atoms with E-state index in [1.54, 1.807) is 4.90 Å². The molecule has 2 bridgehead atoms. The summed E-state index contributed by atoms with van der Waals surface area (Å²) in [6, 6.07) is 5.63. The second kappa shape index (κ2) is 9.26. The van der Waals surface area contributed by atoms with E-state index in [1.807, 2.05) is 13.0 Å². The molecule has 2 aromatic rings. The first-order chi connectivity index (χ1) is 16.8. The van der Waals surface area contributed by atoms with E-state index in [4.69, 9.17) is 19.5 Å². The van der Waals surface area contributed by atoms with Crippen molar-refractivity contribution < 1.29 is 27.8 Å². The van der Waals surface area contributed by atoms with Gasteiger partial charge in [0.05, 0.1) is 30.5 Å². The summed E-state index contributed by atoms with van der Waals surface area (Å²) in [4.78, 5) is 22.2. The van der Waals surface area contributed by atoms with Gasteiger partial charge >= 0.3 is 6.09 Å². The summed E-state index contributed by atoms with van der Waals surface area (Å²) in [7, 11) is 0. The molecule has 35 heavy (non-hydrogen) atoms. The third-order valence-corrected chi connectivity index (χ3v) is 6.86. The van der Waals surface area contributed by atoms with E-state index in [2.05, 4.69) is 15.3 Å². The Hall–Kier alpha value is -3.52. The molecule has 0 spiro atoms. The number of nitriles is 1. The lowest BCUT2D eigenvalue weighted by Gasteiger charge is -2.47. The zero-order valence-corrected chi connectivity index (χ0v) is 19.2. The maximum atomic E-state index is 15.2. The van der Waals surface area contributed by atoms with E-state index in [0.717, 1.165) is 31.7 Å². The standard InChI is InChI=1S/C24H25F2N5O4/c1-24(5-2-6-24)35-23(32)31-9-15-11-33-12-16(10-31)20(15)34-22-19(26)21(28-13-29-22)30-18-4-3-14(8-27)7-17(18)25/h3-4,7,13,15-16,20H,2,5-6,9-12H2,1H3,(H,28,29,30). The zero-order valence-electron chi connectivity index (χ0n) is 19.2. The molecule has 3 fully saturated rings. The number of nitrogens with zero attached hydrogens (tertiary/aromatic N) is 4. The van der Waals surface area contributed by atoms with Gasteiger partial charge in [-0.3, -0.25) is 0 Å². The first-order valence-corrected chi connectivity index (χ1v) is 11.5. The van der Waals surface area contributed by atoms with Gasteiger partial charge < -0.3 is 24.4 Å². The highest BCUT2D eigenvalue weighted by atomic mass is 19.1. The van der Waals surface area contributed by atoms with Crippen LogP contribution in [0.25, 0.3) is 0 Å². The Morgan fingerprint density at radius 1 is 1.26 bits per heavy atom. The first-order valence-electron chi connectivity index (χ1n) is 11.5. The normalized spacial score (nSPS) is 24.6. The number of fused-ring (bicyclic) bond motifs is 2. The van der Waals surface area contributed by atoms with Crippen molar-refractivity contribution in [2.75, 3.05) is 31.6 Å². The molecule has 1 aliphatic carbocycles.